The highest BCUT2D eigenvalue weighted by atomic mass is 19.1. The summed E-state index contributed by atoms with van der Waals surface area (Å²) in [4.78, 5) is 10.6. The molecule has 2 rings (SSSR count). The lowest BCUT2D eigenvalue weighted by atomic mass is 9.87. The van der Waals surface area contributed by atoms with Gasteiger partial charge in [-0.15, -0.1) is 0 Å². The van der Waals surface area contributed by atoms with Crippen LogP contribution in [-0.2, 0) is 0 Å². The molecule has 0 aromatic carbocycles. The number of rotatable bonds is 2. The minimum Gasteiger partial charge on any atom is -0.352 e. The molecule has 1 aliphatic rings. The smallest absolute Gasteiger partial charge is 0.147 e. The molecule has 1 aromatic heterocycles. The van der Waals surface area contributed by atoms with Gasteiger partial charge in [-0.05, 0) is 25.2 Å². The van der Waals surface area contributed by atoms with E-state index in [4.69, 9.17) is 0 Å². The van der Waals surface area contributed by atoms with Gasteiger partial charge in [0.05, 0.1) is 24.6 Å². The maximum Gasteiger partial charge on any atom is 0.147 e. The van der Waals surface area contributed by atoms with E-state index in [0.29, 0.717) is 24.8 Å². The zero-order valence-electron chi connectivity index (χ0n) is 10.7. The van der Waals surface area contributed by atoms with Gasteiger partial charge in [-0.3, -0.25) is 4.98 Å². The number of aryl methyl sites for hydroxylation is 1. The Morgan fingerprint density at radius 3 is 2.65 bits per heavy atom. The van der Waals surface area contributed by atoms with E-state index in [-0.39, 0.29) is 0 Å². The van der Waals surface area contributed by atoms with E-state index >= 15 is 0 Å². The van der Waals surface area contributed by atoms with Crippen LogP contribution in [-0.4, -0.2) is 29.2 Å². The molecule has 2 atom stereocenters. The van der Waals surface area contributed by atoms with Crippen LogP contribution in [0.15, 0.2) is 12.4 Å². The molecule has 0 spiro atoms. The summed E-state index contributed by atoms with van der Waals surface area (Å²) in [7, 11) is 0. The number of halogens is 1. The molecule has 0 amide bonds. The molecule has 17 heavy (non-hydrogen) atoms. The SMILES string of the molecule is Cc1cnc(N2CC(F)CC(C(C)C)C2)cn1. The van der Waals surface area contributed by atoms with E-state index in [1.54, 1.807) is 12.4 Å². The fourth-order valence-corrected chi connectivity index (χ4v) is 2.29. The minimum absolute atomic E-state index is 0.404. The van der Waals surface area contributed by atoms with Gasteiger partial charge >= 0.3 is 0 Å². The first-order chi connectivity index (χ1) is 8.06. The monoisotopic (exact) mass is 237 g/mol. The molecule has 0 bridgehead atoms. The van der Waals surface area contributed by atoms with Crippen LogP contribution < -0.4 is 4.90 Å². The van der Waals surface area contributed by atoms with Crippen molar-refractivity contribution >= 4 is 5.82 Å². The molecule has 1 aliphatic heterocycles. The maximum atomic E-state index is 13.7. The van der Waals surface area contributed by atoms with E-state index in [9.17, 15) is 4.39 Å². The zero-order chi connectivity index (χ0) is 12.4. The van der Waals surface area contributed by atoms with Crippen molar-refractivity contribution in [1.29, 1.82) is 0 Å². The second-order valence-electron chi connectivity index (χ2n) is 5.26. The Morgan fingerprint density at radius 2 is 2.06 bits per heavy atom. The Morgan fingerprint density at radius 1 is 1.29 bits per heavy atom. The zero-order valence-corrected chi connectivity index (χ0v) is 10.7. The van der Waals surface area contributed by atoms with Crippen molar-refractivity contribution in [2.24, 2.45) is 11.8 Å². The van der Waals surface area contributed by atoms with Gasteiger partial charge in [0.15, 0.2) is 0 Å². The Bertz CT molecular complexity index is 363. The van der Waals surface area contributed by atoms with Crippen molar-refractivity contribution < 1.29 is 4.39 Å². The van der Waals surface area contributed by atoms with E-state index < -0.39 is 6.17 Å². The lowest BCUT2D eigenvalue weighted by Crippen LogP contribution is -2.43. The van der Waals surface area contributed by atoms with Crippen molar-refractivity contribution in [3.8, 4) is 0 Å². The fourth-order valence-electron chi connectivity index (χ4n) is 2.29. The van der Waals surface area contributed by atoms with E-state index in [2.05, 4.69) is 23.8 Å². The predicted molar refractivity (Wildman–Crippen MR) is 66.8 cm³/mol. The Hall–Kier alpha value is -1.19. The normalized spacial score (nSPS) is 25.4. The molecule has 4 heteroatoms. The highest BCUT2D eigenvalue weighted by Gasteiger charge is 2.29. The molecule has 1 fully saturated rings. The second kappa shape index (κ2) is 4.98. The summed E-state index contributed by atoms with van der Waals surface area (Å²) in [6, 6.07) is 0. The number of piperidine rings is 1. The number of alkyl halides is 1. The Labute approximate surface area is 102 Å². The van der Waals surface area contributed by atoms with Gasteiger partial charge < -0.3 is 4.90 Å². The summed E-state index contributed by atoms with van der Waals surface area (Å²) in [6.45, 7) is 7.54. The molecule has 2 heterocycles. The van der Waals surface area contributed by atoms with Gasteiger partial charge in [-0.25, -0.2) is 9.37 Å². The number of hydrogen-bond acceptors (Lipinski definition) is 3. The summed E-state index contributed by atoms with van der Waals surface area (Å²) in [5.41, 5.74) is 0.892. The molecule has 1 aromatic rings. The van der Waals surface area contributed by atoms with Crippen molar-refractivity contribution in [2.75, 3.05) is 18.0 Å². The van der Waals surface area contributed by atoms with Crippen LogP contribution in [0.2, 0.25) is 0 Å². The van der Waals surface area contributed by atoms with E-state index in [1.165, 1.54) is 0 Å². The largest absolute Gasteiger partial charge is 0.352 e. The molecular formula is C13H20FN3. The van der Waals surface area contributed by atoms with Crippen LogP contribution >= 0.6 is 0 Å². The highest BCUT2D eigenvalue weighted by molar-refractivity contribution is 5.36. The molecule has 2 unspecified atom stereocenters. The number of anilines is 1. The van der Waals surface area contributed by atoms with Crippen molar-refractivity contribution in [1.82, 2.24) is 9.97 Å². The van der Waals surface area contributed by atoms with Gasteiger partial charge in [0.1, 0.15) is 12.0 Å². The highest BCUT2D eigenvalue weighted by Crippen LogP contribution is 2.27. The van der Waals surface area contributed by atoms with Crippen LogP contribution in [0.4, 0.5) is 10.2 Å². The average molecular weight is 237 g/mol. The second-order valence-corrected chi connectivity index (χ2v) is 5.26. The van der Waals surface area contributed by atoms with Crippen molar-refractivity contribution in [2.45, 2.75) is 33.4 Å². The molecule has 0 N–H and O–H groups in total. The first-order valence-corrected chi connectivity index (χ1v) is 6.24. The van der Waals surface area contributed by atoms with Crippen LogP contribution in [0.3, 0.4) is 0 Å². The molecule has 0 aliphatic carbocycles. The molecule has 0 radical (unpaired) electrons. The van der Waals surface area contributed by atoms with Gasteiger partial charge in [-0.1, -0.05) is 13.8 Å². The summed E-state index contributed by atoms with van der Waals surface area (Å²) in [5.74, 6) is 1.71. The van der Waals surface area contributed by atoms with Crippen molar-refractivity contribution in [3.05, 3.63) is 18.1 Å². The third kappa shape index (κ3) is 2.93. The Balaban J connectivity index is 2.12. The summed E-state index contributed by atoms with van der Waals surface area (Å²) < 4.78 is 13.7. The minimum atomic E-state index is -0.751. The van der Waals surface area contributed by atoms with Crippen molar-refractivity contribution in [3.63, 3.8) is 0 Å². The van der Waals surface area contributed by atoms with E-state index in [0.717, 1.165) is 18.1 Å². The molecule has 1 saturated heterocycles. The van der Waals surface area contributed by atoms with E-state index in [1.807, 2.05) is 11.8 Å². The van der Waals surface area contributed by atoms with Crippen LogP contribution in [0, 0.1) is 18.8 Å². The number of hydrogen-bond donors (Lipinski definition) is 0. The average Bonchev–Trinajstić information content (AvgIpc) is 2.29. The van der Waals surface area contributed by atoms with Crippen LogP contribution in [0.25, 0.3) is 0 Å². The topological polar surface area (TPSA) is 29.0 Å². The summed E-state index contributed by atoms with van der Waals surface area (Å²) in [6.07, 6.45) is 3.40. The molecular weight excluding hydrogens is 217 g/mol. The first kappa shape index (κ1) is 12.3. The Kier molecular flexibility index (Phi) is 3.60. The third-order valence-electron chi connectivity index (χ3n) is 3.47. The third-order valence-corrected chi connectivity index (χ3v) is 3.47. The lowest BCUT2D eigenvalue weighted by molar-refractivity contribution is 0.202. The summed E-state index contributed by atoms with van der Waals surface area (Å²) >= 11 is 0. The van der Waals surface area contributed by atoms with Gasteiger partial charge in [0.25, 0.3) is 0 Å². The number of aromatic nitrogens is 2. The predicted octanol–water partition coefficient (Wildman–Crippen LogP) is 2.61. The van der Waals surface area contributed by atoms with Crippen LogP contribution in [0.5, 0.6) is 0 Å². The van der Waals surface area contributed by atoms with Crippen LogP contribution in [0.1, 0.15) is 26.0 Å². The molecule has 3 nitrogen and oxygen atoms in total. The standard InChI is InChI=1S/C13H20FN3/c1-9(2)11-4-12(14)8-17(7-11)13-6-15-10(3)5-16-13/h5-6,9,11-12H,4,7-8H2,1-3H3. The molecule has 94 valence electrons. The van der Waals surface area contributed by atoms with Gasteiger partial charge in [-0.2, -0.15) is 0 Å². The first-order valence-electron chi connectivity index (χ1n) is 6.24. The summed E-state index contributed by atoms with van der Waals surface area (Å²) in [5, 5.41) is 0. The number of nitrogens with zero attached hydrogens (tertiary/aromatic N) is 3. The fraction of sp³-hybridized carbons (Fsp3) is 0.692. The quantitative estimate of drug-likeness (QED) is 0.791. The van der Waals surface area contributed by atoms with Gasteiger partial charge in [0, 0.05) is 6.54 Å². The van der Waals surface area contributed by atoms with Gasteiger partial charge in [0.2, 0.25) is 0 Å². The maximum absolute atomic E-state index is 13.7. The molecule has 0 saturated carbocycles. The lowest BCUT2D eigenvalue weighted by Gasteiger charge is -2.37.